The van der Waals surface area contributed by atoms with E-state index in [0.717, 1.165) is 18.6 Å². The van der Waals surface area contributed by atoms with E-state index in [1.165, 1.54) is 16.5 Å². The molecule has 132 valence electrons. The number of rotatable bonds is 9. The first-order chi connectivity index (χ1) is 12.0. The van der Waals surface area contributed by atoms with E-state index in [4.69, 9.17) is 0 Å². The number of carbonyl (C=O) groups is 1. The molecule has 2 aromatic rings. The SMILES string of the molecule is C=C(NCCc1ccccc1)C(Cc1ccc(F)c(F)c1)N(C)C=O. The standard InChI is InChI=1S/C20H22F2N2O/c1-15(23-11-10-16-6-4-3-5-7-16)20(24(2)14-25)13-17-8-9-18(21)19(22)12-17/h3-9,12,14,20,23H,1,10-11,13H2,2H3. The van der Waals surface area contributed by atoms with Gasteiger partial charge >= 0.3 is 0 Å². The molecule has 0 saturated carbocycles. The summed E-state index contributed by atoms with van der Waals surface area (Å²) < 4.78 is 26.5. The maximum atomic E-state index is 13.4. The summed E-state index contributed by atoms with van der Waals surface area (Å²) in [5.74, 6) is -1.78. The lowest BCUT2D eigenvalue weighted by Crippen LogP contribution is -2.39. The van der Waals surface area contributed by atoms with E-state index >= 15 is 0 Å². The van der Waals surface area contributed by atoms with Gasteiger partial charge in [-0.2, -0.15) is 0 Å². The van der Waals surface area contributed by atoms with Crippen LogP contribution in [0.1, 0.15) is 11.1 Å². The summed E-state index contributed by atoms with van der Waals surface area (Å²) in [6.45, 7) is 4.68. The van der Waals surface area contributed by atoms with Crippen LogP contribution in [-0.4, -0.2) is 30.9 Å². The molecule has 0 aliphatic rings. The highest BCUT2D eigenvalue weighted by atomic mass is 19.2. The minimum absolute atomic E-state index is 0.349. The third kappa shape index (κ3) is 5.41. The predicted octanol–water partition coefficient (Wildman–Crippen LogP) is 3.31. The third-order valence-corrected chi connectivity index (χ3v) is 4.08. The zero-order valence-electron chi connectivity index (χ0n) is 14.2. The maximum absolute atomic E-state index is 13.4. The van der Waals surface area contributed by atoms with Gasteiger partial charge in [-0.15, -0.1) is 0 Å². The topological polar surface area (TPSA) is 32.3 Å². The summed E-state index contributed by atoms with van der Waals surface area (Å²) in [6, 6.07) is 13.4. The Labute approximate surface area is 147 Å². The minimum atomic E-state index is -0.896. The van der Waals surface area contributed by atoms with E-state index in [1.807, 2.05) is 30.3 Å². The van der Waals surface area contributed by atoms with Gasteiger partial charge in [0.2, 0.25) is 6.41 Å². The molecule has 3 nitrogen and oxygen atoms in total. The van der Waals surface area contributed by atoms with Gasteiger partial charge in [0.15, 0.2) is 11.6 Å². The smallest absolute Gasteiger partial charge is 0.210 e. The van der Waals surface area contributed by atoms with Crippen molar-refractivity contribution in [3.05, 3.63) is 83.6 Å². The van der Waals surface area contributed by atoms with Crippen LogP contribution in [0.25, 0.3) is 0 Å². The lowest BCUT2D eigenvalue weighted by Gasteiger charge is -2.27. The number of likely N-dealkylation sites (N-methyl/N-ethyl adjacent to an activating group) is 1. The fraction of sp³-hybridized carbons (Fsp3) is 0.250. The molecule has 2 rings (SSSR count). The number of benzene rings is 2. The fourth-order valence-electron chi connectivity index (χ4n) is 2.61. The van der Waals surface area contributed by atoms with Gasteiger partial charge in [0.25, 0.3) is 0 Å². The summed E-state index contributed by atoms with van der Waals surface area (Å²) >= 11 is 0. The van der Waals surface area contributed by atoms with Crippen molar-refractivity contribution in [2.45, 2.75) is 18.9 Å². The second-order valence-electron chi connectivity index (χ2n) is 5.93. The summed E-state index contributed by atoms with van der Waals surface area (Å²) in [4.78, 5) is 12.7. The van der Waals surface area contributed by atoms with Crippen LogP contribution in [0.4, 0.5) is 8.78 Å². The van der Waals surface area contributed by atoms with Crippen LogP contribution in [0, 0.1) is 11.6 Å². The van der Waals surface area contributed by atoms with Crippen molar-refractivity contribution in [1.82, 2.24) is 10.2 Å². The van der Waals surface area contributed by atoms with Gasteiger partial charge < -0.3 is 10.2 Å². The molecule has 0 fully saturated rings. The molecule has 0 aliphatic heterocycles. The molecular formula is C20H22F2N2O. The van der Waals surface area contributed by atoms with E-state index in [0.29, 0.717) is 30.6 Å². The van der Waals surface area contributed by atoms with Crippen molar-refractivity contribution >= 4 is 6.41 Å². The minimum Gasteiger partial charge on any atom is -0.387 e. The molecule has 1 N–H and O–H groups in total. The molecule has 0 heterocycles. The van der Waals surface area contributed by atoms with Crippen LogP contribution in [0.5, 0.6) is 0 Å². The first kappa shape index (κ1) is 18.6. The molecule has 0 saturated heterocycles. The molecule has 0 aliphatic carbocycles. The van der Waals surface area contributed by atoms with Crippen molar-refractivity contribution in [2.24, 2.45) is 0 Å². The van der Waals surface area contributed by atoms with E-state index in [9.17, 15) is 13.6 Å². The van der Waals surface area contributed by atoms with Gasteiger partial charge in [-0.1, -0.05) is 43.0 Å². The van der Waals surface area contributed by atoms with Crippen molar-refractivity contribution in [3.8, 4) is 0 Å². The molecule has 2 aromatic carbocycles. The molecule has 0 bridgehead atoms. The Morgan fingerprint density at radius 2 is 1.88 bits per heavy atom. The molecule has 0 spiro atoms. The average molecular weight is 344 g/mol. The number of hydrogen-bond donors (Lipinski definition) is 1. The Kier molecular flexibility index (Phi) is 6.69. The highest BCUT2D eigenvalue weighted by molar-refractivity contribution is 5.48. The molecule has 0 radical (unpaired) electrons. The van der Waals surface area contributed by atoms with Gasteiger partial charge in [0.1, 0.15) is 0 Å². The van der Waals surface area contributed by atoms with Gasteiger partial charge in [-0.05, 0) is 36.1 Å². The first-order valence-corrected chi connectivity index (χ1v) is 8.09. The maximum Gasteiger partial charge on any atom is 0.210 e. The van der Waals surface area contributed by atoms with Crippen molar-refractivity contribution < 1.29 is 13.6 Å². The number of amides is 1. The first-order valence-electron chi connectivity index (χ1n) is 8.09. The number of halogens is 2. The van der Waals surface area contributed by atoms with Crippen LogP contribution >= 0.6 is 0 Å². The quantitative estimate of drug-likeness (QED) is 0.708. The largest absolute Gasteiger partial charge is 0.387 e. The molecule has 5 heteroatoms. The second kappa shape index (κ2) is 8.97. The van der Waals surface area contributed by atoms with Gasteiger partial charge in [0.05, 0.1) is 6.04 Å². The summed E-state index contributed by atoms with van der Waals surface area (Å²) in [7, 11) is 1.64. The van der Waals surface area contributed by atoms with Gasteiger partial charge in [0, 0.05) is 19.3 Å². The van der Waals surface area contributed by atoms with E-state index < -0.39 is 11.6 Å². The van der Waals surface area contributed by atoms with Crippen molar-refractivity contribution in [3.63, 3.8) is 0 Å². The third-order valence-electron chi connectivity index (χ3n) is 4.08. The Balaban J connectivity index is 1.99. The lowest BCUT2D eigenvalue weighted by atomic mass is 10.0. The van der Waals surface area contributed by atoms with Crippen molar-refractivity contribution in [2.75, 3.05) is 13.6 Å². The lowest BCUT2D eigenvalue weighted by molar-refractivity contribution is -0.118. The van der Waals surface area contributed by atoms with E-state index in [-0.39, 0.29) is 6.04 Å². The van der Waals surface area contributed by atoms with Gasteiger partial charge in [-0.25, -0.2) is 8.78 Å². The van der Waals surface area contributed by atoms with Crippen LogP contribution in [0.2, 0.25) is 0 Å². The Hall–Kier alpha value is -2.69. The van der Waals surface area contributed by atoms with Crippen LogP contribution in [0.3, 0.4) is 0 Å². The zero-order chi connectivity index (χ0) is 18.2. The Bertz CT molecular complexity index is 719. The zero-order valence-corrected chi connectivity index (χ0v) is 14.2. The average Bonchev–Trinajstić information content (AvgIpc) is 2.62. The van der Waals surface area contributed by atoms with Crippen LogP contribution < -0.4 is 5.32 Å². The monoisotopic (exact) mass is 344 g/mol. The summed E-state index contributed by atoms with van der Waals surface area (Å²) in [5.41, 5.74) is 2.46. The highest BCUT2D eigenvalue weighted by Gasteiger charge is 2.18. The van der Waals surface area contributed by atoms with Gasteiger partial charge in [-0.3, -0.25) is 4.79 Å². The van der Waals surface area contributed by atoms with E-state index in [2.05, 4.69) is 11.9 Å². The van der Waals surface area contributed by atoms with Crippen molar-refractivity contribution in [1.29, 1.82) is 0 Å². The number of hydrogen-bond acceptors (Lipinski definition) is 2. The number of nitrogens with zero attached hydrogens (tertiary/aromatic N) is 1. The predicted molar refractivity (Wildman–Crippen MR) is 95.0 cm³/mol. The number of nitrogens with one attached hydrogen (secondary N) is 1. The van der Waals surface area contributed by atoms with Crippen LogP contribution in [0.15, 0.2) is 60.8 Å². The molecule has 25 heavy (non-hydrogen) atoms. The molecule has 1 atom stereocenters. The normalized spacial score (nSPS) is 11.6. The Morgan fingerprint density at radius 3 is 2.52 bits per heavy atom. The molecule has 1 unspecified atom stereocenters. The fourth-order valence-corrected chi connectivity index (χ4v) is 2.61. The van der Waals surface area contributed by atoms with Crippen LogP contribution in [-0.2, 0) is 17.6 Å². The highest BCUT2D eigenvalue weighted by Crippen LogP contribution is 2.15. The molecule has 1 amide bonds. The molecular weight excluding hydrogens is 322 g/mol. The summed E-state index contributed by atoms with van der Waals surface area (Å²) in [6.07, 6.45) is 1.88. The summed E-state index contributed by atoms with van der Waals surface area (Å²) in [5, 5.41) is 3.23. The number of carbonyl (C=O) groups excluding carboxylic acids is 1. The Morgan fingerprint density at radius 1 is 1.16 bits per heavy atom. The van der Waals surface area contributed by atoms with E-state index in [1.54, 1.807) is 7.05 Å². The molecule has 0 aromatic heterocycles. The second-order valence-corrected chi connectivity index (χ2v) is 5.93.